The largest absolute Gasteiger partial charge is 0.289 e. The Hall–Kier alpha value is -0.0900. The van der Waals surface area contributed by atoms with Gasteiger partial charge in [0.25, 0.3) is 0 Å². The molecule has 9 heteroatoms. The first kappa shape index (κ1) is 12.0. The van der Waals surface area contributed by atoms with Gasteiger partial charge in [0.15, 0.2) is 0 Å². The summed E-state index contributed by atoms with van der Waals surface area (Å²) >= 11 is 2.03. The fraction of sp³-hybridized carbons (Fsp3) is 1.00. The zero-order valence-electron chi connectivity index (χ0n) is 7.24. The number of azide groups is 1. The van der Waals surface area contributed by atoms with E-state index in [1.165, 1.54) is 0 Å². The second-order valence-corrected chi connectivity index (χ2v) is 6.01. The quantitative estimate of drug-likeness (QED) is 0.196. The fourth-order valence-corrected chi connectivity index (χ4v) is 4.05. The van der Waals surface area contributed by atoms with Gasteiger partial charge in [-0.3, -0.25) is 4.90 Å². The molecule has 7 nitrogen and oxygen atoms in total. The van der Waals surface area contributed by atoms with E-state index in [0.717, 1.165) is 0 Å². The molecule has 0 radical (unpaired) electrons. The maximum Gasteiger partial charge on any atom is 0.215 e. The number of nitrogens with two attached hydrogens (primary N) is 1. The number of halogens is 1. The van der Waals surface area contributed by atoms with Crippen LogP contribution in [0.4, 0.5) is 0 Å². The van der Waals surface area contributed by atoms with Gasteiger partial charge in [0.2, 0.25) is 10.0 Å². The number of alkyl halides is 1. The lowest BCUT2D eigenvalue weighted by Crippen LogP contribution is -2.61. The highest BCUT2D eigenvalue weighted by atomic mass is 127. The molecule has 1 fully saturated rings. The Morgan fingerprint density at radius 1 is 1.71 bits per heavy atom. The second kappa shape index (κ2) is 4.62. The SMILES string of the molecule is [N-]=[N+]=NCCN1CC(S(N)(=O)=O)C1I. The molecule has 0 spiro atoms. The zero-order valence-corrected chi connectivity index (χ0v) is 10.2. The molecule has 80 valence electrons. The monoisotopic (exact) mass is 331 g/mol. The van der Waals surface area contributed by atoms with Gasteiger partial charge in [0, 0.05) is 24.5 Å². The summed E-state index contributed by atoms with van der Waals surface area (Å²) in [6, 6.07) is 0. The molecule has 2 atom stereocenters. The third kappa shape index (κ3) is 2.70. The van der Waals surface area contributed by atoms with Crippen molar-refractivity contribution >= 4 is 32.6 Å². The molecule has 2 unspecified atom stereocenters. The Bertz CT molecular complexity index is 351. The van der Waals surface area contributed by atoms with Crippen LogP contribution in [0.5, 0.6) is 0 Å². The lowest BCUT2D eigenvalue weighted by atomic mass is 10.2. The third-order valence-electron chi connectivity index (χ3n) is 2.04. The summed E-state index contributed by atoms with van der Waals surface area (Å²) in [5, 5.41) is 7.89. The summed E-state index contributed by atoms with van der Waals surface area (Å²) in [5.41, 5.74) is 8.04. The number of nitrogens with zero attached hydrogens (tertiary/aromatic N) is 4. The van der Waals surface area contributed by atoms with Crippen LogP contribution >= 0.6 is 22.6 Å². The molecule has 14 heavy (non-hydrogen) atoms. The molecule has 0 amide bonds. The minimum absolute atomic E-state index is 0.114. The van der Waals surface area contributed by atoms with Crippen LogP contribution in [0.25, 0.3) is 10.4 Å². The van der Waals surface area contributed by atoms with E-state index in [0.29, 0.717) is 19.6 Å². The number of hydrogen-bond acceptors (Lipinski definition) is 4. The average Bonchev–Trinajstić information content (AvgIpc) is 2.07. The Balaban J connectivity index is 2.40. The molecule has 1 aliphatic rings. The van der Waals surface area contributed by atoms with Crippen molar-refractivity contribution in [1.82, 2.24) is 4.90 Å². The first-order valence-corrected chi connectivity index (χ1v) is 6.73. The number of hydrogen-bond donors (Lipinski definition) is 1. The van der Waals surface area contributed by atoms with Crippen molar-refractivity contribution in [2.24, 2.45) is 10.3 Å². The highest BCUT2D eigenvalue weighted by molar-refractivity contribution is 14.1. The maximum absolute atomic E-state index is 11.0. The molecule has 0 aromatic carbocycles. The Morgan fingerprint density at radius 3 is 2.79 bits per heavy atom. The molecule has 2 N–H and O–H groups in total. The highest BCUT2D eigenvalue weighted by Crippen LogP contribution is 2.27. The molecule has 0 bridgehead atoms. The van der Waals surface area contributed by atoms with Gasteiger partial charge in [0.1, 0.15) is 5.25 Å². The summed E-state index contributed by atoms with van der Waals surface area (Å²) in [7, 11) is -3.43. The van der Waals surface area contributed by atoms with Crippen LogP contribution in [0.15, 0.2) is 5.11 Å². The van der Waals surface area contributed by atoms with E-state index in [9.17, 15) is 8.42 Å². The number of primary sulfonamides is 1. The van der Waals surface area contributed by atoms with Crippen LogP contribution in [0.1, 0.15) is 0 Å². The van der Waals surface area contributed by atoms with Crippen molar-refractivity contribution in [2.45, 2.75) is 9.30 Å². The van der Waals surface area contributed by atoms with Crippen molar-refractivity contribution in [2.75, 3.05) is 19.6 Å². The van der Waals surface area contributed by atoms with Gasteiger partial charge >= 0.3 is 0 Å². The highest BCUT2D eigenvalue weighted by Gasteiger charge is 2.43. The normalized spacial score (nSPS) is 27.9. The Kier molecular flexibility index (Phi) is 3.95. The second-order valence-electron chi connectivity index (χ2n) is 2.95. The van der Waals surface area contributed by atoms with E-state index in [1.54, 1.807) is 0 Å². The van der Waals surface area contributed by atoms with Crippen molar-refractivity contribution in [3.8, 4) is 0 Å². The lowest BCUT2D eigenvalue weighted by Gasteiger charge is -2.43. The van der Waals surface area contributed by atoms with E-state index >= 15 is 0 Å². The molecular formula is C5H10IN5O2S. The minimum Gasteiger partial charge on any atom is -0.289 e. The lowest BCUT2D eigenvalue weighted by molar-refractivity contribution is 0.176. The summed E-state index contributed by atoms with van der Waals surface area (Å²) in [6.07, 6.45) is 0. The molecule has 0 aromatic rings. The molecule has 0 saturated carbocycles. The van der Waals surface area contributed by atoms with Crippen molar-refractivity contribution < 1.29 is 8.42 Å². The maximum atomic E-state index is 11.0. The molecule has 1 saturated heterocycles. The molecule has 0 aliphatic carbocycles. The molecular weight excluding hydrogens is 321 g/mol. The third-order valence-corrected chi connectivity index (χ3v) is 5.44. The summed E-state index contributed by atoms with van der Waals surface area (Å²) in [5.74, 6) is 0. The van der Waals surface area contributed by atoms with Crippen molar-refractivity contribution in [1.29, 1.82) is 0 Å². The van der Waals surface area contributed by atoms with Gasteiger partial charge < -0.3 is 0 Å². The van der Waals surface area contributed by atoms with Crippen LogP contribution in [0, 0.1) is 0 Å². The van der Waals surface area contributed by atoms with Crippen LogP contribution < -0.4 is 5.14 Å². The Morgan fingerprint density at radius 2 is 2.36 bits per heavy atom. The average molecular weight is 331 g/mol. The summed E-state index contributed by atoms with van der Waals surface area (Å²) < 4.78 is 21.8. The van der Waals surface area contributed by atoms with Gasteiger partial charge in [-0.1, -0.05) is 27.7 Å². The van der Waals surface area contributed by atoms with E-state index in [4.69, 9.17) is 10.7 Å². The van der Waals surface area contributed by atoms with Crippen molar-refractivity contribution in [3.63, 3.8) is 0 Å². The van der Waals surface area contributed by atoms with Gasteiger partial charge in [-0.25, -0.2) is 13.6 Å². The first-order chi connectivity index (χ1) is 6.46. The Labute approximate surface area is 95.4 Å². The van der Waals surface area contributed by atoms with E-state index < -0.39 is 15.3 Å². The number of sulfonamides is 1. The van der Waals surface area contributed by atoms with Crippen LogP contribution in [0.3, 0.4) is 0 Å². The minimum atomic E-state index is -3.43. The number of rotatable bonds is 4. The van der Waals surface area contributed by atoms with Gasteiger partial charge in [0.05, 0.1) is 4.05 Å². The predicted molar refractivity (Wildman–Crippen MR) is 60.3 cm³/mol. The van der Waals surface area contributed by atoms with Gasteiger partial charge in [-0.05, 0) is 5.53 Å². The molecule has 0 aromatic heterocycles. The van der Waals surface area contributed by atoms with E-state index in [1.807, 2.05) is 27.5 Å². The van der Waals surface area contributed by atoms with Crippen molar-refractivity contribution in [3.05, 3.63) is 10.4 Å². The van der Waals surface area contributed by atoms with Crippen LogP contribution in [0.2, 0.25) is 0 Å². The zero-order chi connectivity index (χ0) is 10.8. The fourth-order valence-electron chi connectivity index (χ4n) is 1.21. The standard InChI is InChI=1S/C5H10IN5O2S/c6-5-4(14(8,12)13)3-11(5)2-1-9-10-7/h4-5H,1-3H2,(H2,8,12,13). The molecule has 1 rings (SSSR count). The summed E-state index contributed by atoms with van der Waals surface area (Å²) in [4.78, 5) is 4.52. The van der Waals surface area contributed by atoms with Gasteiger partial charge in [-0.2, -0.15) is 0 Å². The van der Waals surface area contributed by atoms with Gasteiger partial charge in [-0.15, -0.1) is 0 Å². The van der Waals surface area contributed by atoms with Crippen LogP contribution in [-0.2, 0) is 10.0 Å². The molecule has 1 aliphatic heterocycles. The number of likely N-dealkylation sites (tertiary alicyclic amines) is 1. The predicted octanol–water partition coefficient (Wildman–Crippen LogP) is 0.0305. The smallest absolute Gasteiger partial charge is 0.215 e. The van der Waals surface area contributed by atoms with Crippen LogP contribution in [-0.4, -0.2) is 42.3 Å². The molecule has 1 heterocycles. The van der Waals surface area contributed by atoms with E-state index in [2.05, 4.69) is 10.0 Å². The summed E-state index contributed by atoms with van der Waals surface area (Å²) in [6.45, 7) is 1.35. The topological polar surface area (TPSA) is 112 Å². The first-order valence-electron chi connectivity index (χ1n) is 3.87. The van der Waals surface area contributed by atoms with E-state index in [-0.39, 0.29) is 4.05 Å².